The second-order valence-electron chi connectivity index (χ2n) is 8.75. The van der Waals surface area contributed by atoms with Gasteiger partial charge >= 0.3 is 6.03 Å². The van der Waals surface area contributed by atoms with Crippen LogP contribution in [0.15, 0.2) is 47.1 Å². The number of rotatable bonds is 8. The molecule has 34 heavy (non-hydrogen) atoms. The average Bonchev–Trinajstić information content (AvgIpc) is 3.42. The summed E-state index contributed by atoms with van der Waals surface area (Å²) in [7, 11) is 1.57. The molecule has 0 unspecified atom stereocenters. The number of carbonyl (C=O) groups is 4. The summed E-state index contributed by atoms with van der Waals surface area (Å²) in [5.41, 5.74) is 3.02. The predicted octanol–water partition coefficient (Wildman–Crippen LogP) is 1.93. The van der Waals surface area contributed by atoms with E-state index in [4.69, 9.17) is 4.42 Å². The SMILES string of the molecule is CNC(=O)c1ccc(CN(CC(=O)NN2C(=O)NC3(CCCCC3)C2=O)Cc2ccco2)cc1. The third kappa shape index (κ3) is 5.12. The van der Waals surface area contributed by atoms with Crippen molar-refractivity contribution in [3.05, 3.63) is 59.5 Å². The number of hydrazine groups is 1. The summed E-state index contributed by atoms with van der Waals surface area (Å²) in [6.07, 6.45) is 5.49. The summed E-state index contributed by atoms with van der Waals surface area (Å²) in [6.45, 7) is 0.676. The maximum Gasteiger partial charge on any atom is 0.344 e. The van der Waals surface area contributed by atoms with Crippen molar-refractivity contribution in [2.45, 2.75) is 50.7 Å². The second kappa shape index (κ2) is 10.1. The molecule has 1 saturated carbocycles. The minimum Gasteiger partial charge on any atom is -0.468 e. The van der Waals surface area contributed by atoms with Crippen LogP contribution in [0.5, 0.6) is 0 Å². The van der Waals surface area contributed by atoms with Gasteiger partial charge in [0, 0.05) is 19.2 Å². The first-order chi connectivity index (χ1) is 16.4. The van der Waals surface area contributed by atoms with Gasteiger partial charge in [0.05, 0.1) is 19.4 Å². The number of nitrogens with zero attached hydrogens (tertiary/aromatic N) is 2. The number of hydrogen-bond donors (Lipinski definition) is 3. The van der Waals surface area contributed by atoms with Gasteiger partial charge in [-0.15, -0.1) is 0 Å². The fraction of sp³-hybridized carbons (Fsp3) is 0.417. The lowest BCUT2D eigenvalue weighted by Crippen LogP contribution is -2.52. The molecule has 5 amide bonds. The Morgan fingerprint density at radius 3 is 2.47 bits per heavy atom. The quantitative estimate of drug-likeness (QED) is 0.510. The van der Waals surface area contributed by atoms with Crippen molar-refractivity contribution < 1.29 is 23.6 Å². The van der Waals surface area contributed by atoms with Crippen LogP contribution < -0.4 is 16.1 Å². The molecule has 0 atom stereocenters. The zero-order valence-corrected chi connectivity index (χ0v) is 19.1. The van der Waals surface area contributed by atoms with Gasteiger partial charge in [0.1, 0.15) is 11.3 Å². The molecule has 4 rings (SSSR count). The van der Waals surface area contributed by atoms with Crippen LogP contribution in [0.1, 0.15) is 53.8 Å². The lowest BCUT2D eigenvalue weighted by molar-refractivity contribution is -0.140. The first-order valence-corrected chi connectivity index (χ1v) is 11.4. The van der Waals surface area contributed by atoms with Crippen LogP contribution >= 0.6 is 0 Å². The fourth-order valence-electron chi connectivity index (χ4n) is 4.53. The van der Waals surface area contributed by atoms with E-state index in [2.05, 4.69) is 16.1 Å². The van der Waals surface area contributed by atoms with E-state index < -0.39 is 23.4 Å². The maximum absolute atomic E-state index is 12.9. The molecule has 2 heterocycles. The summed E-state index contributed by atoms with van der Waals surface area (Å²) < 4.78 is 5.44. The van der Waals surface area contributed by atoms with Crippen molar-refractivity contribution in [1.29, 1.82) is 0 Å². The van der Waals surface area contributed by atoms with Crippen molar-refractivity contribution in [3.8, 4) is 0 Å². The zero-order chi connectivity index (χ0) is 24.1. The Kier molecular flexibility index (Phi) is 6.97. The van der Waals surface area contributed by atoms with E-state index in [1.54, 1.807) is 31.5 Å². The van der Waals surface area contributed by atoms with Crippen molar-refractivity contribution >= 4 is 23.8 Å². The molecule has 1 aliphatic heterocycles. The molecule has 180 valence electrons. The Hall–Kier alpha value is -3.66. The first kappa shape index (κ1) is 23.5. The van der Waals surface area contributed by atoms with Crippen molar-refractivity contribution in [2.24, 2.45) is 0 Å². The average molecular weight is 468 g/mol. The van der Waals surface area contributed by atoms with Gasteiger partial charge in [0.15, 0.2) is 0 Å². The summed E-state index contributed by atoms with van der Waals surface area (Å²) in [4.78, 5) is 51.9. The molecule has 1 aromatic carbocycles. The Morgan fingerprint density at radius 1 is 1.09 bits per heavy atom. The van der Waals surface area contributed by atoms with Gasteiger partial charge in [-0.2, -0.15) is 5.01 Å². The molecular weight excluding hydrogens is 438 g/mol. The van der Waals surface area contributed by atoms with Gasteiger partial charge in [-0.3, -0.25) is 24.7 Å². The van der Waals surface area contributed by atoms with E-state index in [1.807, 2.05) is 23.1 Å². The standard InChI is InChI=1S/C24H29N5O5/c1-25-21(31)18-9-7-17(8-10-18)14-28(15-19-6-5-13-34-19)16-20(30)27-29-22(32)24(26-23(29)33)11-3-2-4-12-24/h5-10,13H,2-4,11-12,14-16H2,1H3,(H,25,31)(H,26,33)(H,27,30). The number of urea groups is 1. The minimum absolute atomic E-state index is 0.0675. The summed E-state index contributed by atoms with van der Waals surface area (Å²) in [6, 6.07) is 10.1. The largest absolute Gasteiger partial charge is 0.468 e. The Labute approximate surface area is 197 Å². The lowest BCUT2D eigenvalue weighted by atomic mass is 9.82. The van der Waals surface area contributed by atoms with E-state index >= 15 is 0 Å². The molecular formula is C24H29N5O5. The highest BCUT2D eigenvalue weighted by atomic mass is 16.3. The van der Waals surface area contributed by atoms with Crippen LogP contribution in [0.2, 0.25) is 0 Å². The van der Waals surface area contributed by atoms with Crippen molar-refractivity contribution in [3.63, 3.8) is 0 Å². The molecule has 1 spiro atoms. The van der Waals surface area contributed by atoms with Gasteiger partial charge in [-0.25, -0.2) is 4.79 Å². The van der Waals surface area contributed by atoms with E-state index in [1.165, 1.54) is 0 Å². The van der Waals surface area contributed by atoms with Gasteiger partial charge in [-0.1, -0.05) is 31.4 Å². The zero-order valence-electron chi connectivity index (χ0n) is 19.1. The highest BCUT2D eigenvalue weighted by Gasteiger charge is 2.52. The summed E-state index contributed by atoms with van der Waals surface area (Å²) in [5.74, 6) is -0.383. The molecule has 10 nitrogen and oxygen atoms in total. The Morgan fingerprint density at radius 2 is 1.82 bits per heavy atom. The molecule has 1 aliphatic carbocycles. The molecule has 10 heteroatoms. The molecule has 3 N–H and O–H groups in total. The summed E-state index contributed by atoms with van der Waals surface area (Å²) >= 11 is 0. The highest BCUT2D eigenvalue weighted by Crippen LogP contribution is 2.33. The number of benzene rings is 1. The van der Waals surface area contributed by atoms with E-state index in [0.29, 0.717) is 37.3 Å². The first-order valence-electron chi connectivity index (χ1n) is 11.4. The van der Waals surface area contributed by atoms with Gasteiger partial charge in [0.25, 0.3) is 17.7 Å². The van der Waals surface area contributed by atoms with Crippen molar-refractivity contribution in [1.82, 2.24) is 26.0 Å². The third-order valence-electron chi connectivity index (χ3n) is 6.28. The van der Waals surface area contributed by atoms with Crippen LogP contribution in [0.3, 0.4) is 0 Å². The molecule has 0 radical (unpaired) electrons. The van der Waals surface area contributed by atoms with Crippen LogP contribution in [0.4, 0.5) is 4.79 Å². The normalized spacial score (nSPS) is 17.2. The molecule has 2 aromatic rings. The highest BCUT2D eigenvalue weighted by molar-refractivity contribution is 6.08. The Bertz CT molecular complexity index is 1040. The van der Waals surface area contributed by atoms with Crippen LogP contribution in [-0.2, 0) is 22.7 Å². The lowest BCUT2D eigenvalue weighted by Gasteiger charge is -2.30. The molecule has 1 saturated heterocycles. The third-order valence-corrected chi connectivity index (χ3v) is 6.28. The smallest absolute Gasteiger partial charge is 0.344 e. The Balaban J connectivity index is 1.42. The topological polar surface area (TPSA) is 124 Å². The van der Waals surface area contributed by atoms with E-state index in [-0.39, 0.29) is 12.5 Å². The van der Waals surface area contributed by atoms with E-state index in [9.17, 15) is 19.2 Å². The monoisotopic (exact) mass is 467 g/mol. The molecule has 0 bridgehead atoms. The molecule has 1 aromatic heterocycles. The number of imide groups is 1. The summed E-state index contributed by atoms with van der Waals surface area (Å²) in [5, 5.41) is 6.18. The maximum atomic E-state index is 12.9. The van der Waals surface area contributed by atoms with Gasteiger partial charge < -0.3 is 15.1 Å². The van der Waals surface area contributed by atoms with Crippen LogP contribution in [0, 0.1) is 0 Å². The van der Waals surface area contributed by atoms with Gasteiger partial charge in [-0.05, 0) is 42.7 Å². The minimum atomic E-state index is -0.900. The number of furan rings is 1. The van der Waals surface area contributed by atoms with Crippen LogP contribution in [0.25, 0.3) is 0 Å². The van der Waals surface area contributed by atoms with Gasteiger partial charge in [0.2, 0.25) is 0 Å². The molecule has 2 fully saturated rings. The van der Waals surface area contributed by atoms with E-state index in [0.717, 1.165) is 29.8 Å². The number of hydrogen-bond acceptors (Lipinski definition) is 6. The second-order valence-corrected chi connectivity index (χ2v) is 8.75. The fourth-order valence-corrected chi connectivity index (χ4v) is 4.53. The number of nitrogens with one attached hydrogen (secondary N) is 3. The number of amides is 5. The predicted molar refractivity (Wildman–Crippen MR) is 122 cm³/mol. The van der Waals surface area contributed by atoms with Crippen molar-refractivity contribution in [2.75, 3.05) is 13.6 Å². The van der Waals surface area contributed by atoms with Crippen LogP contribution in [-0.4, -0.2) is 52.8 Å². The molecule has 2 aliphatic rings. The number of carbonyl (C=O) groups excluding carboxylic acids is 4.